The fourth-order valence-corrected chi connectivity index (χ4v) is 4.23. The molecular formula is C19H20Cl2NOP. The molecule has 0 amide bonds. The smallest absolute Gasteiger partial charge is 0.173 e. The minimum Gasteiger partial charge on any atom is -0.382 e. The van der Waals surface area contributed by atoms with E-state index in [0.717, 1.165) is 33.6 Å². The van der Waals surface area contributed by atoms with Crippen LogP contribution in [0.5, 0.6) is 0 Å². The summed E-state index contributed by atoms with van der Waals surface area (Å²) in [5.74, 6) is 1.07. The zero-order chi connectivity index (χ0) is 17.1. The normalized spacial score (nSPS) is 18.0. The lowest BCUT2D eigenvalue weighted by Gasteiger charge is -2.12. The minimum absolute atomic E-state index is 0.0432. The first-order valence-electron chi connectivity index (χ1n) is 8.00. The van der Waals surface area contributed by atoms with Crippen LogP contribution in [-0.4, -0.2) is 5.45 Å². The summed E-state index contributed by atoms with van der Waals surface area (Å²) in [7, 11) is 0.468. The van der Waals surface area contributed by atoms with E-state index in [-0.39, 0.29) is 5.85 Å². The van der Waals surface area contributed by atoms with Crippen molar-refractivity contribution in [1.29, 1.82) is 0 Å². The Morgan fingerprint density at radius 3 is 2.54 bits per heavy atom. The molecule has 126 valence electrons. The first kappa shape index (κ1) is 17.7. The van der Waals surface area contributed by atoms with Crippen LogP contribution in [0.1, 0.15) is 41.9 Å². The van der Waals surface area contributed by atoms with Crippen molar-refractivity contribution in [2.45, 2.75) is 32.0 Å². The van der Waals surface area contributed by atoms with Crippen LogP contribution in [0.25, 0.3) is 0 Å². The highest BCUT2D eigenvalue weighted by Crippen LogP contribution is 2.44. The van der Waals surface area contributed by atoms with Crippen molar-refractivity contribution in [2.75, 3.05) is 0 Å². The van der Waals surface area contributed by atoms with Crippen LogP contribution in [0, 0.1) is 5.92 Å². The quantitative estimate of drug-likeness (QED) is 0.438. The predicted octanol–water partition coefficient (Wildman–Crippen LogP) is 6.35. The van der Waals surface area contributed by atoms with Crippen molar-refractivity contribution in [2.24, 2.45) is 11.1 Å². The van der Waals surface area contributed by atoms with Crippen LogP contribution < -0.4 is 0 Å². The molecule has 2 aromatic rings. The van der Waals surface area contributed by atoms with Crippen molar-refractivity contribution < 1.29 is 4.84 Å². The topological polar surface area (TPSA) is 21.6 Å². The highest BCUT2D eigenvalue weighted by Gasteiger charge is 2.24. The highest BCUT2D eigenvalue weighted by molar-refractivity contribution is 7.59. The summed E-state index contributed by atoms with van der Waals surface area (Å²) in [6, 6.07) is 14.4. The minimum atomic E-state index is -0.0432. The molecule has 0 spiro atoms. The van der Waals surface area contributed by atoms with Crippen LogP contribution in [-0.2, 0) is 17.1 Å². The predicted molar refractivity (Wildman–Crippen MR) is 105 cm³/mol. The molecule has 0 radical (unpaired) electrons. The van der Waals surface area contributed by atoms with Gasteiger partial charge in [-0.15, -0.1) is 11.6 Å². The number of alkyl halides is 1. The van der Waals surface area contributed by atoms with Gasteiger partial charge in [-0.05, 0) is 38.1 Å². The van der Waals surface area contributed by atoms with Crippen molar-refractivity contribution in [3.63, 3.8) is 0 Å². The van der Waals surface area contributed by atoms with Crippen molar-refractivity contribution in [1.82, 2.24) is 0 Å². The molecule has 1 aliphatic heterocycles. The van der Waals surface area contributed by atoms with Gasteiger partial charge in [-0.3, -0.25) is 0 Å². The Bertz CT molecular complexity index is 744. The summed E-state index contributed by atoms with van der Waals surface area (Å²) in [6.07, 6.45) is 0.988. The molecule has 0 aromatic heterocycles. The van der Waals surface area contributed by atoms with Gasteiger partial charge in [0.05, 0.1) is 0 Å². The summed E-state index contributed by atoms with van der Waals surface area (Å²) in [5, 5.41) is 5.09. The molecule has 24 heavy (non-hydrogen) atoms. The monoisotopic (exact) mass is 379 g/mol. The second kappa shape index (κ2) is 7.87. The Morgan fingerprint density at radius 2 is 1.92 bits per heavy atom. The van der Waals surface area contributed by atoms with Crippen LogP contribution in [0.15, 0.2) is 47.6 Å². The molecule has 1 heterocycles. The highest BCUT2D eigenvalue weighted by atomic mass is 35.5. The van der Waals surface area contributed by atoms with Crippen molar-refractivity contribution in [3.05, 3.63) is 69.7 Å². The van der Waals surface area contributed by atoms with Gasteiger partial charge in [-0.2, -0.15) is 0 Å². The third kappa shape index (κ3) is 4.11. The molecule has 2 atom stereocenters. The van der Waals surface area contributed by atoms with Gasteiger partial charge in [0.2, 0.25) is 0 Å². The van der Waals surface area contributed by atoms with Crippen LogP contribution >= 0.6 is 31.8 Å². The fraction of sp³-hybridized carbons (Fsp3) is 0.316. The largest absolute Gasteiger partial charge is 0.382 e. The number of oxime groups is 1. The van der Waals surface area contributed by atoms with Gasteiger partial charge >= 0.3 is 0 Å². The fourth-order valence-electron chi connectivity index (χ4n) is 2.65. The maximum absolute atomic E-state index is 6.44. The first-order chi connectivity index (χ1) is 11.6. The molecule has 3 rings (SSSR count). The zero-order valence-corrected chi connectivity index (χ0v) is 16.2. The zero-order valence-electron chi connectivity index (χ0n) is 13.7. The molecule has 5 heteroatoms. The molecule has 2 nitrogen and oxygen atoms in total. The van der Waals surface area contributed by atoms with Gasteiger partial charge in [0.25, 0.3) is 0 Å². The van der Waals surface area contributed by atoms with E-state index in [1.165, 1.54) is 5.56 Å². The Kier molecular flexibility index (Phi) is 5.81. The van der Waals surface area contributed by atoms with E-state index in [0.29, 0.717) is 20.4 Å². The molecule has 2 aromatic carbocycles. The first-order valence-corrected chi connectivity index (χ1v) is 9.99. The SMILES string of the molecule is CC(C)Cc1ccc(C2ON=C(c3ccc(CCl)cc3)P2)cc1Cl. The van der Waals surface area contributed by atoms with Crippen LogP contribution in [0.4, 0.5) is 0 Å². The average molecular weight is 380 g/mol. The van der Waals surface area contributed by atoms with Gasteiger partial charge in [0, 0.05) is 22.0 Å². The molecule has 0 bridgehead atoms. The maximum atomic E-state index is 6.44. The van der Waals surface area contributed by atoms with Gasteiger partial charge in [0.1, 0.15) is 5.45 Å². The number of benzene rings is 2. The number of halogens is 2. The Labute approximate surface area is 155 Å². The molecule has 0 saturated carbocycles. The summed E-state index contributed by atoms with van der Waals surface area (Å²) < 4.78 is 0. The van der Waals surface area contributed by atoms with E-state index in [1.54, 1.807) is 0 Å². The molecule has 1 aliphatic rings. The van der Waals surface area contributed by atoms with Crippen LogP contribution in [0.2, 0.25) is 5.02 Å². The lowest BCUT2D eigenvalue weighted by Crippen LogP contribution is -1.97. The number of rotatable bonds is 5. The molecular weight excluding hydrogens is 360 g/mol. The van der Waals surface area contributed by atoms with Gasteiger partial charge in [-0.1, -0.05) is 67.0 Å². The number of hydrogen-bond donors (Lipinski definition) is 0. The van der Waals surface area contributed by atoms with E-state index in [1.807, 2.05) is 30.3 Å². The average Bonchev–Trinajstić information content (AvgIpc) is 3.06. The Balaban J connectivity index is 1.71. The third-order valence-electron chi connectivity index (χ3n) is 3.91. The Morgan fingerprint density at radius 1 is 1.17 bits per heavy atom. The van der Waals surface area contributed by atoms with E-state index in [4.69, 9.17) is 28.0 Å². The van der Waals surface area contributed by atoms with E-state index < -0.39 is 0 Å². The molecule has 0 saturated heterocycles. The van der Waals surface area contributed by atoms with E-state index in [9.17, 15) is 0 Å². The summed E-state index contributed by atoms with van der Waals surface area (Å²) in [4.78, 5) is 5.65. The number of hydrogen-bond acceptors (Lipinski definition) is 2. The lowest BCUT2D eigenvalue weighted by atomic mass is 10.0. The molecule has 0 N–H and O–H groups in total. The molecule has 0 fully saturated rings. The van der Waals surface area contributed by atoms with Crippen molar-refractivity contribution in [3.8, 4) is 0 Å². The maximum Gasteiger partial charge on any atom is 0.173 e. The molecule has 2 unspecified atom stereocenters. The third-order valence-corrected chi connectivity index (χ3v) is 5.92. The summed E-state index contributed by atoms with van der Waals surface area (Å²) >= 11 is 12.3. The standard InChI is InChI=1S/C19H20Cl2NOP/c1-12(2)9-15-7-8-16(10-17(15)21)19-23-22-18(24-19)14-5-3-13(11-20)4-6-14/h3-8,10,12,19,24H,9,11H2,1-2H3. The lowest BCUT2D eigenvalue weighted by molar-refractivity contribution is 0.129. The van der Waals surface area contributed by atoms with Crippen LogP contribution in [0.3, 0.4) is 0 Å². The second-order valence-corrected chi connectivity index (χ2v) is 8.31. The summed E-state index contributed by atoms with van der Waals surface area (Å²) in [5.41, 5.74) is 5.46. The Hall–Kier alpha value is -1.08. The number of nitrogens with zero attached hydrogens (tertiary/aromatic N) is 1. The van der Waals surface area contributed by atoms with E-state index >= 15 is 0 Å². The van der Waals surface area contributed by atoms with E-state index in [2.05, 4.69) is 31.1 Å². The summed E-state index contributed by atoms with van der Waals surface area (Å²) in [6.45, 7) is 4.39. The van der Waals surface area contributed by atoms with Gasteiger partial charge in [0.15, 0.2) is 5.85 Å². The van der Waals surface area contributed by atoms with Gasteiger partial charge < -0.3 is 4.84 Å². The molecule has 0 aliphatic carbocycles. The van der Waals surface area contributed by atoms with Gasteiger partial charge in [-0.25, -0.2) is 0 Å². The second-order valence-electron chi connectivity index (χ2n) is 6.35. The van der Waals surface area contributed by atoms with Crippen molar-refractivity contribution >= 4 is 37.2 Å².